The molecule has 5 rings (SSSR count). The molecule has 1 aromatic carbocycles. The van der Waals surface area contributed by atoms with Crippen LogP contribution in [0.5, 0.6) is 0 Å². The number of aromatic nitrogens is 4. The highest BCUT2D eigenvalue weighted by Crippen LogP contribution is 2.40. The first-order chi connectivity index (χ1) is 15.3. The summed E-state index contributed by atoms with van der Waals surface area (Å²) in [6, 6.07) is 0.400. The normalized spacial score (nSPS) is 18.4. The van der Waals surface area contributed by atoms with Gasteiger partial charge in [0.05, 0.1) is 23.1 Å². The number of rotatable bonds is 5. The molecule has 1 saturated carbocycles. The Morgan fingerprint density at radius 1 is 1.06 bits per heavy atom. The smallest absolute Gasteiger partial charge is 0.358 e. The molecule has 12 heteroatoms. The van der Waals surface area contributed by atoms with Crippen LogP contribution in [-0.2, 0) is 0 Å². The SMILES string of the molecule is O=C(O)c1cn(C2CCN(c3c(F)cc4c(=O)c(C(=O)O)cn(C5CC5)c4c3F)C2)nn1. The van der Waals surface area contributed by atoms with Crippen LogP contribution in [-0.4, -0.2) is 54.8 Å². The van der Waals surface area contributed by atoms with Crippen molar-refractivity contribution in [3.05, 3.63) is 51.6 Å². The Balaban J connectivity index is 1.58. The maximum atomic E-state index is 15.7. The molecule has 1 aliphatic carbocycles. The zero-order chi connectivity index (χ0) is 22.7. The Labute approximate surface area is 178 Å². The number of hydrogen-bond acceptors (Lipinski definition) is 6. The fourth-order valence-electron chi connectivity index (χ4n) is 4.23. The molecule has 32 heavy (non-hydrogen) atoms. The predicted molar refractivity (Wildman–Crippen MR) is 106 cm³/mol. The van der Waals surface area contributed by atoms with Gasteiger partial charge < -0.3 is 19.7 Å². The standard InChI is InChI=1S/C20H17F2N5O5/c21-13-5-11-16(26(9-1-2-9)7-12(18(11)28)19(29)30)15(22)17(13)25-4-3-10(6-25)27-8-14(20(31)32)23-24-27/h5,7-10H,1-4,6H2,(H,29,30)(H,31,32). The van der Waals surface area contributed by atoms with E-state index in [0.717, 1.165) is 12.3 Å². The fourth-order valence-corrected chi connectivity index (χ4v) is 4.23. The third-order valence-corrected chi connectivity index (χ3v) is 5.94. The molecule has 2 fully saturated rings. The van der Waals surface area contributed by atoms with Crippen molar-refractivity contribution >= 4 is 28.5 Å². The number of pyridine rings is 1. The third-order valence-electron chi connectivity index (χ3n) is 5.94. The molecular weight excluding hydrogens is 428 g/mol. The zero-order valence-electron chi connectivity index (χ0n) is 16.5. The molecule has 166 valence electrons. The van der Waals surface area contributed by atoms with E-state index in [1.165, 1.54) is 20.3 Å². The third kappa shape index (κ3) is 3.10. The second-order valence-corrected chi connectivity index (χ2v) is 8.01. The van der Waals surface area contributed by atoms with Gasteiger partial charge in [0.1, 0.15) is 17.1 Å². The van der Waals surface area contributed by atoms with Gasteiger partial charge in [-0.15, -0.1) is 5.10 Å². The van der Waals surface area contributed by atoms with Crippen molar-refractivity contribution in [1.29, 1.82) is 0 Å². The van der Waals surface area contributed by atoms with E-state index in [4.69, 9.17) is 5.11 Å². The monoisotopic (exact) mass is 445 g/mol. The van der Waals surface area contributed by atoms with Gasteiger partial charge in [-0.1, -0.05) is 5.21 Å². The van der Waals surface area contributed by atoms with Crippen LogP contribution < -0.4 is 10.3 Å². The van der Waals surface area contributed by atoms with E-state index in [9.17, 15) is 19.5 Å². The van der Waals surface area contributed by atoms with Crippen molar-refractivity contribution in [1.82, 2.24) is 19.6 Å². The highest BCUT2D eigenvalue weighted by atomic mass is 19.1. The Morgan fingerprint density at radius 2 is 1.81 bits per heavy atom. The van der Waals surface area contributed by atoms with E-state index in [2.05, 4.69) is 10.3 Å². The van der Waals surface area contributed by atoms with E-state index in [1.807, 2.05) is 0 Å². The van der Waals surface area contributed by atoms with Crippen molar-refractivity contribution in [3.63, 3.8) is 0 Å². The van der Waals surface area contributed by atoms with Crippen LogP contribution in [0.1, 0.15) is 52.2 Å². The van der Waals surface area contributed by atoms with Gasteiger partial charge in [0.25, 0.3) is 0 Å². The van der Waals surface area contributed by atoms with Crippen LogP contribution in [0.2, 0.25) is 0 Å². The maximum absolute atomic E-state index is 15.7. The van der Waals surface area contributed by atoms with Crippen LogP contribution in [0.3, 0.4) is 0 Å². The van der Waals surface area contributed by atoms with E-state index < -0.39 is 34.6 Å². The van der Waals surface area contributed by atoms with Crippen LogP contribution in [0.25, 0.3) is 10.9 Å². The van der Waals surface area contributed by atoms with Crippen LogP contribution >= 0.6 is 0 Å². The Hall–Kier alpha value is -3.83. The number of carbonyl (C=O) groups is 2. The van der Waals surface area contributed by atoms with Gasteiger partial charge >= 0.3 is 11.9 Å². The van der Waals surface area contributed by atoms with Gasteiger partial charge in [-0.3, -0.25) is 4.79 Å². The molecule has 1 aliphatic heterocycles. The Morgan fingerprint density at radius 3 is 2.44 bits per heavy atom. The molecule has 1 unspecified atom stereocenters. The summed E-state index contributed by atoms with van der Waals surface area (Å²) in [7, 11) is 0. The zero-order valence-corrected chi connectivity index (χ0v) is 16.5. The lowest BCUT2D eigenvalue weighted by Gasteiger charge is -2.22. The van der Waals surface area contributed by atoms with Crippen LogP contribution in [0.4, 0.5) is 14.5 Å². The van der Waals surface area contributed by atoms with Crippen molar-refractivity contribution in [2.45, 2.75) is 31.3 Å². The molecule has 2 aromatic heterocycles. The quantitative estimate of drug-likeness (QED) is 0.610. The number of fused-ring (bicyclic) bond motifs is 1. The first kappa shape index (κ1) is 20.1. The van der Waals surface area contributed by atoms with E-state index in [1.54, 1.807) is 0 Å². The minimum absolute atomic E-state index is 0.115. The summed E-state index contributed by atoms with van der Waals surface area (Å²) in [5.74, 6) is -4.57. The lowest BCUT2D eigenvalue weighted by atomic mass is 10.1. The minimum atomic E-state index is -1.45. The molecular formula is C20H17F2N5O5. The highest BCUT2D eigenvalue weighted by Gasteiger charge is 2.33. The lowest BCUT2D eigenvalue weighted by Crippen LogP contribution is -2.25. The first-order valence-electron chi connectivity index (χ1n) is 9.96. The molecule has 0 bridgehead atoms. The number of aromatic carboxylic acids is 2. The van der Waals surface area contributed by atoms with Crippen molar-refractivity contribution in [2.75, 3.05) is 18.0 Å². The number of nitrogens with zero attached hydrogens (tertiary/aromatic N) is 5. The largest absolute Gasteiger partial charge is 0.477 e. The highest BCUT2D eigenvalue weighted by molar-refractivity contribution is 5.94. The molecule has 3 aromatic rings. The molecule has 3 heterocycles. The average molecular weight is 445 g/mol. The molecule has 0 amide bonds. The number of anilines is 1. The maximum Gasteiger partial charge on any atom is 0.358 e. The van der Waals surface area contributed by atoms with E-state index in [-0.39, 0.29) is 47.5 Å². The van der Waals surface area contributed by atoms with Gasteiger partial charge in [-0.2, -0.15) is 0 Å². The number of benzene rings is 1. The lowest BCUT2D eigenvalue weighted by molar-refractivity contribution is 0.0681. The number of hydrogen-bond donors (Lipinski definition) is 2. The summed E-state index contributed by atoms with van der Waals surface area (Å²) >= 11 is 0. The molecule has 0 spiro atoms. The topological polar surface area (TPSA) is 131 Å². The van der Waals surface area contributed by atoms with E-state index >= 15 is 8.78 Å². The second-order valence-electron chi connectivity index (χ2n) is 8.01. The van der Waals surface area contributed by atoms with Crippen LogP contribution in [0.15, 0.2) is 23.3 Å². The van der Waals surface area contributed by atoms with Crippen molar-refractivity contribution < 1.29 is 28.6 Å². The molecule has 0 radical (unpaired) electrons. The summed E-state index contributed by atoms with van der Waals surface area (Å²) in [6.07, 6.45) is 4.25. The molecule has 1 saturated heterocycles. The van der Waals surface area contributed by atoms with Crippen molar-refractivity contribution in [3.8, 4) is 0 Å². The fraction of sp³-hybridized carbons (Fsp3) is 0.350. The molecule has 2 aliphatic rings. The molecule has 10 nitrogen and oxygen atoms in total. The summed E-state index contributed by atoms with van der Waals surface area (Å²) in [4.78, 5) is 36.6. The van der Waals surface area contributed by atoms with Crippen molar-refractivity contribution in [2.24, 2.45) is 0 Å². The van der Waals surface area contributed by atoms with Gasteiger partial charge in [0.15, 0.2) is 11.5 Å². The van der Waals surface area contributed by atoms with Gasteiger partial charge in [0, 0.05) is 25.3 Å². The van der Waals surface area contributed by atoms with E-state index in [0.29, 0.717) is 19.3 Å². The Kier molecular flexibility index (Phi) is 4.46. The summed E-state index contributed by atoms with van der Waals surface area (Å²) in [6.45, 7) is 0.426. The second kappa shape index (κ2) is 7.11. The number of halogens is 2. The first-order valence-corrected chi connectivity index (χ1v) is 9.96. The average Bonchev–Trinajstić information content (AvgIpc) is 3.25. The number of carboxylic acids is 2. The van der Waals surface area contributed by atoms with Crippen LogP contribution in [0, 0.1) is 11.6 Å². The summed E-state index contributed by atoms with van der Waals surface area (Å²) in [5, 5.41) is 25.4. The minimum Gasteiger partial charge on any atom is -0.477 e. The van der Waals surface area contributed by atoms with Gasteiger partial charge in [-0.25, -0.2) is 23.1 Å². The Bertz CT molecular complexity index is 1350. The number of carboxylic acid groups (broad SMARTS) is 2. The molecule has 1 atom stereocenters. The summed E-state index contributed by atoms with van der Waals surface area (Å²) in [5.41, 5.74) is -2.12. The molecule has 2 N–H and O–H groups in total. The van der Waals surface area contributed by atoms with Gasteiger partial charge in [-0.05, 0) is 25.3 Å². The van der Waals surface area contributed by atoms with Gasteiger partial charge in [0.2, 0.25) is 5.43 Å². The predicted octanol–water partition coefficient (Wildman–Crippen LogP) is 2.05. The summed E-state index contributed by atoms with van der Waals surface area (Å²) < 4.78 is 33.5.